The van der Waals surface area contributed by atoms with Crippen LogP contribution < -0.4 is 14.2 Å². The van der Waals surface area contributed by atoms with Crippen molar-refractivity contribution in [2.45, 2.75) is 97.8 Å². The fourth-order valence-electron chi connectivity index (χ4n) is 5.84. The summed E-state index contributed by atoms with van der Waals surface area (Å²) < 4.78 is 17.3. The Morgan fingerprint density at radius 3 is 1.54 bits per heavy atom. The third-order valence-electron chi connectivity index (χ3n) is 8.97. The maximum Gasteiger partial charge on any atom is 0.343 e. The van der Waals surface area contributed by atoms with Gasteiger partial charge in [0.25, 0.3) is 0 Å². The smallest absolute Gasteiger partial charge is 0.343 e. The van der Waals surface area contributed by atoms with Crippen molar-refractivity contribution in [1.29, 1.82) is 0 Å². The Morgan fingerprint density at radius 2 is 1.04 bits per heavy atom. The summed E-state index contributed by atoms with van der Waals surface area (Å²) in [5, 5.41) is 0.590. The molecule has 0 aromatic heterocycles. The molecule has 0 saturated heterocycles. The standard InChI is InChI=1S/C46H53ClO5/c1-4-6-7-8-9-10-11-12-13-14-15-16-33-50-44-32-27-38(34-41(44)47)22-21-37-25-30-40(31-26-37)46(49)52-43-20-17-19-42(35(43)3)51-45(48)39-28-23-36(18-5-2)24-29-39/h5,17-32,34H,4,6-16,33H2,1-3H3/b18-5+,22-21+. The van der Waals surface area contributed by atoms with Gasteiger partial charge < -0.3 is 14.2 Å². The molecule has 0 N–H and O–H groups in total. The van der Waals surface area contributed by atoms with Gasteiger partial charge in [-0.05, 0) is 85.5 Å². The van der Waals surface area contributed by atoms with Crippen LogP contribution in [0.15, 0.2) is 91.0 Å². The highest BCUT2D eigenvalue weighted by Gasteiger charge is 2.16. The minimum Gasteiger partial charge on any atom is -0.492 e. The molecule has 0 atom stereocenters. The summed E-state index contributed by atoms with van der Waals surface area (Å²) in [6.07, 6.45) is 23.6. The second kappa shape index (κ2) is 22.4. The summed E-state index contributed by atoms with van der Waals surface area (Å²) in [4.78, 5) is 25.7. The quantitative estimate of drug-likeness (QED) is 0.0371. The minimum absolute atomic E-state index is 0.320. The number of hydrogen-bond donors (Lipinski definition) is 0. The molecule has 0 bridgehead atoms. The predicted octanol–water partition coefficient (Wildman–Crippen LogP) is 13.4. The molecule has 0 spiro atoms. The second-order valence-corrected chi connectivity index (χ2v) is 13.6. The SMILES string of the molecule is C/C=C/c1ccc(C(=O)Oc2cccc(OC(=O)c3ccc(/C=C/c4ccc(OCCCCCCCCCCCCCC)c(Cl)c4)cc3)c2C)cc1. The summed E-state index contributed by atoms with van der Waals surface area (Å²) in [5.74, 6) is 0.360. The zero-order chi connectivity index (χ0) is 37.0. The van der Waals surface area contributed by atoms with E-state index in [9.17, 15) is 9.59 Å². The summed E-state index contributed by atoms with van der Waals surface area (Å²) in [5.41, 5.74) is 4.25. The van der Waals surface area contributed by atoms with Crippen molar-refractivity contribution in [2.24, 2.45) is 0 Å². The van der Waals surface area contributed by atoms with Gasteiger partial charge in [-0.3, -0.25) is 0 Å². The zero-order valence-corrected chi connectivity index (χ0v) is 31.8. The monoisotopic (exact) mass is 720 g/mol. The molecule has 5 nitrogen and oxygen atoms in total. The number of carbonyl (C=O) groups is 2. The number of ether oxygens (including phenoxy) is 3. The largest absolute Gasteiger partial charge is 0.492 e. The van der Waals surface area contributed by atoms with E-state index in [1.807, 2.05) is 73.7 Å². The topological polar surface area (TPSA) is 61.8 Å². The maximum atomic E-state index is 13.0. The summed E-state index contributed by atoms with van der Waals surface area (Å²) >= 11 is 6.54. The number of rotatable bonds is 21. The molecule has 0 heterocycles. The molecule has 0 aliphatic carbocycles. The number of allylic oxidation sites excluding steroid dienone is 1. The van der Waals surface area contributed by atoms with Gasteiger partial charge in [0.05, 0.1) is 22.8 Å². The highest BCUT2D eigenvalue weighted by molar-refractivity contribution is 6.32. The van der Waals surface area contributed by atoms with E-state index in [2.05, 4.69) is 6.92 Å². The zero-order valence-electron chi connectivity index (χ0n) is 31.0. The lowest BCUT2D eigenvalue weighted by Crippen LogP contribution is -2.12. The van der Waals surface area contributed by atoms with Crippen LogP contribution in [0.4, 0.5) is 0 Å². The number of carbonyl (C=O) groups excluding carboxylic acids is 2. The number of benzene rings is 4. The van der Waals surface area contributed by atoms with Gasteiger partial charge in [0, 0.05) is 5.56 Å². The first-order valence-electron chi connectivity index (χ1n) is 18.8. The third kappa shape index (κ3) is 13.5. The van der Waals surface area contributed by atoms with Crippen molar-refractivity contribution >= 4 is 41.8 Å². The predicted molar refractivity (Wildman–Crippen MR) is 216 cm³/mol. The summed E-state index contributed by atoms with van der Waals surface area (Å²) in [7, 11) is 0. The first-order chi connectivity index (χ1) is 25.4. The lowest BCUT2D eigenvalue weighted by molar-refractivity contribution is 0.0730. The van der Waals surface area contributed by atoms with E-state index in [1.54, 1.807) is 49.4 Å². The molecule has 6 heteroatoms. The average molecular weight is 721 g/mol. The van der Waals surface area contributed by atoms with Crippen LogP contribution in [0.3, 0.4) is 0 Å². The Hall–Kier alpha value is -4.61. The summed E-state index contributed by atoms with van der Waals surface area (Å²) in [6.45, 7) is 6.63. The Labute approximate surface area is 315 Å². The normalized spacial score (nSPS) is 11.3. The van der Waals surface area contributed by atoms with Gasteiger partial charge >= 0.3 is 11.9 Å². The first kappa shape index (κ1) is 40.2. The number of hydrogen-bond acceptors (Lipinski definition) is 5. The van der Waals surface area contributed by atoms with Crippen molar-refractivity contribution in [1.82, 2.24) is 0 Å². The fraction of sp³-hybridized carbons (Fsp3) is 0.348. The van der Waals surface area contributed by atoms with E-state index in [1.165, 1.54) is 70.6 Å². The highest BCUT2D eigenvalue weighted by atomic mass is 35.5. The molecule has 0 aliphatic rings. The van der Waals surface area contributed by atoms with Gasteiger partial charge in [0.1, 0.15) is 17.2 Å². The minimum atomic E-state index is -0.507. The van der Waals surface area contributed by atoms with Gasteiger partial charge in [-0.15, -0.1) is 0 Å². The molecule has 0 saturated carbocycles. The fourth-order valence-corrected chi connectivity index (χ4v) is 6.09. The molecule has 52 heavy (non-hydrogen) atoms. The van der Waals surface area contributed by atoms with Gasteiger partial charge in [0.2, 0.25) is 0 Å². The van der Waals surface area contributed by atoms with E-state index in [0.717, 1.165) is 23.1 Å². The molecule has 0 amide bonds. The van der Waals surface area contributed by atoms with Crippen LogP contribution in [0.2, 0.25) is 5.02 Å². The molecule has 274 valence electrons. The molecule has 0 unspecified atom stereocenters. The average Bonchev–Trinajstić information content (AvgIpc) is 3.15. The number of unbranched alkanes of at least 4 members (excludes halogenated alkanes) is 11. The van der Waals surface area contributed by atoms with Gasteiger partial charge in [0.15, 0.2) is 0 Å². The molecule has 4 rings (SSSR count). The van der Waals surface area contributed by atoms with Crippen molar-refractivity contribution in [3.8, 4) is 17.2 Å². The van der Waals surface area contributed by atoms with Crippen molar-refractivity contribution in [3.05, 3.63) is 129 Å². The Bertz CT molecular complexity index is 1750. The van der Waals surface area contributed by atoms with E-state index in [-0.39, 0.29) is 0 Å². The second-order valence-electron chi connectivity index (χ2n) is 13.2. The third-order valence-corrected chi connectivity index (χ3v) is 9.27. The van der Waals surface area contributed by atoms with Gasteiger partial charge in [-0.1, -0.05) is 150 Å². The van der Waals surface area contributed by atoms with Crippen LogP contribution in [-0.2, 0) is 0 Å². The van der Waals surface area contributed by atoms with Crippen molar-refractivity contribution in [3.63, 3.8) is 0 Å². The van der Waals surface area contributed by atoms with E-state index in [4.69, 9.17) is 25.8 Å². The highest BCUT2D eigenvalue weighted by Crippen LogP contribution is 2.30. The molecule has 4 aromatic carbocycles. The molecule has 0 radical (unpaired) electrons. The lowest BCUT2D eigenvalue weighted by Gasteiger charge is -2.12. The Kier molecular flexibility index (Phi) is 17.3. The molecular weight excluding hydrogens is 668 g/mol. The van der Waals surface area contributed by atoms with E-state index < -0.39 is 11.9 Å². The van der Waals surface area contributed by atoms with Crippen LogP contribution in [-0.4, -0.2) is 18.5 Å². The Balaban J connectivity index is 1.19. The summed E-state index contributed by atoms with van der Waals surface area (Å²) in [6, 6.07) is 25.1. The van der Waals surface area contributed by atoms with E-state index in [0.29, 0.717) is 45.6 Å². The van der Waals surface area contributed by atoms with Crippen molar-refractivity contribution in [2.75, 3.05) is 6.61 Å². The van der Waals surface area contributed by atoms with Crippen LogP contribution >= 0.6 is 11.6 Å². The van der Waals surface area contributed by atoms with E-state index >= 15 is 0 Å². The molecule has 0 fully saturated rings. The first-order valence-corrected chi connectivity index (χ1v) is 19.2. The lowest BCUT2D eigenvalue weighted by atomic mass is 10.1. The van der Waals surface area contributed by atoms with Crippen molar-refractivity contribution < 1.29 is 23.8 Å². The Morgan fingerprint density at radius 1 is 0.577 bits per heavy atom. The van der Waals surface area contributed by atoms with Crippen LogP contribution in [0.5, 0.6) is 17.2 Å². The molecule has 0 aliphatic heterocycles. The molecular formula is C46H53ClO5. The number of halogens is 1. The van der Waals surface area contributed by atoms with Crippen LogP contribution in [0.25, 0.3) is 18.2 Å². The van der Waals surface area contributed by atoms with Gasteiger partial charge in [-0.25, -0.2) is 9.59 Å². The molecule has 4 aromatic rings. The van der Waals surface area contributed by atoms with Crippen LogP contribution in [0.1, 0.15) is 134 Å². The van der Waals surface area contributed by atoms with Crippen LogP contribution in [0, 0.1) is 6.92 Å². The maximum absolute atomic E-state index is 13.0. The number of esters is 2. The van der Waals surface area contributed by atoms with Gasteiger partial charge in [-0.2, -0.15) is 0 Å².